The Hall–Kier alpha value is -2.15. The number of aromatic nitrogens is 2. The zero-order valence-corrected chi connectivity index (χ0v) is 16.1. The second kappa shape index (κ2) is 8.25. The van der Waals surface area contributed by atoms with Gasteiger partial charge in [0.15, 0.2) is 5.16 Å². The van der Waals surface area contributed by atoms with Crippen molar-refractivity contribution in [1.29, 1.82) is 0 Å². The summed E-state index contributed by atoms with van der Waals surface area (Å²) in [7, 11) is 0. The SMILES string of the molecule is CCc1ccc(-n2c(SC[C@H]3CCOCO3)nc3ccccc3c2=O)cc1. The van der Waals surface area contributed by atoms with Gasteiger partial charge in [0.2, 0.25) is 0 Å². The molecule has 1 aromatic heterocycles. The van der Waals surface area contributed by atoms with E-state index >= 15 is 0 Å². The molecule has 27 heavy (non-hydrogen) atoms. The number of hydrogen-bond donors (Lipinski definition) is 0. The molecule has 0 spiro atoms. The van der Waals surface area contributed by atoms with Crippen LogP contribution >= 0.6 is 11.8 Å². The summed E-state index contributed by atoms with van der Waals surface area (Å²) >= 11 is 1.56. The molecule has 1 saturated heterocycles. The number of nitrogens with zero attached hydrogens (tertiary/aromatic N) is 2. The molecule has 4 rings (SSSR count). The van der Waals surface area contributed by atoms with Gasteiger partial charge in [-0.15, -0.1) is 0 Å². The van der Waals surface area contributed by atoms with Gasteiger partial charge in [-0.3, -0.25) is 9.36 Å². The third kappa shape index (κ3) is 3.93. The van der Waals surface area contributed by atoms with Gasteiger partial charge >= 0.3 is 0 Å². The monoisotopic (exact) mass is 382 g/mol. The summed E-state index contributed by atoms with van der Waals surface area (Å²) in [4.78, 5) is 18.0. The molecule has 0 amide bonds. The van der Waals surface area contributed by atoms with Crippen LogP contribution in [0.3, 0.4) is 0 Å². The molecule has 0 N–H and O–H groups in total. The summed E-state index contributed by atoms with van der Waals surface area (Å²) in [6.07, 6.45) is 1.94. The number of ether oxygens (including phenoxy) is 2. The minimum Gasteiger partial charge on any atom is -0.355 e. The van der Waals surface area contributed by atoms with Crippen LogP contribution in [0.15, 0.2) is 58.5 Å². The van der Waals surface area contributed by atoms with Crippen molar-refractivity contribution in [3.63, 3.8) is 0 Å². The van der Waals surface area contributed by atoms with Gasteiger partial charge in [0.25, 0.3) is 5.56 Å². The van der Waals surface area contributed by atoms with Crippen molar-refractivity contribution in [3.8, 4) is 5.69 Å². The molecule has 2 aromatic carbocycles. The van der Waals surface area contributed by atoms with Crippen molar-refractivity contribution in [2.24, 2.45) is 0 Å². The Labute approximate surface area is 162 Å². The molecule has 0 saturated carbocycles. The number of hydrogen-bond acceptors (Lipinski definition) is 5. The predicted octanol–water partition coefficient (Wildman–Crippen LogP) is 3.80. The van der Waals surface area contributed by atoms with Crippen molar-refractivity contribution >= 4 is 22.7 Å². The van der Waals surface area contributed by atoms with E-state index in [-0.39, 0.29) is 11.7 Å². The fourth-order valence-corrected chi connectivity index (χ4v) is 4.20. The number of aryl methyl sites for hydroxylation is 1. The van der Waals surface area contributed by atoms with Crippen LogP contribution in [0.1, 0.15) is 18.9 Å². The highest BCUT2D eigenvalue weighted by Crippen LogP contribution is 2.24. The minimum atomic E-state index is -0.0414. The van der Waals surface area contributed by atoms with Gasteiger partial charge in [-0.05, 0) is 42.7 Å². The maximum absolute atomic E-state index is 13.2. The lowest BCUT2D eigenvalue weighted by molar-refractivity contribution is -0.130. The highest BCUT2D eigenvalue weighted by Gasteiger charge is 2.18. The van der Waals surface area contributed by atoms with Gasteiger partial charge in [0.1, 0.15) is 6.79 Å². The van der Waals surface area contributed by atoms with Crippen LogP contribution in [0.2, 0.25) is 0 Å². The first-order valence-electron chi connectivity index (χ1n) is 9.19. The Bertz CT molecular complexity index is 979. The average Bonchev–Trinajstić information content (AvgIpc) is 2.73. The largest absolute Gasteiger partial charge is 0.355 e. The maximum atomic E-state index is 13.2. The fourth-order valence-electron chi connectivity index (χ4n) is 3.12. The number of fused-ring (bicyclic) bond motifs is 1. The molecule has 1 aliphatic heterocycles. The van der Waals surface area contributed by atoms with Crippen LogP contribution in [0.4, 0.5) is 0 Å². The fraction of sp³-hybridized carbons (Fsp3) is 0.333. The van der Waals surface area contributed by atoms with Crippen molar-refractivity contribution in [2.75, 3.05) is 19.2 Å². The van der Waals surface area contributed by atoms with E-state index in [1.54, 1.807) is 16.3 Å². The molecular weight excluding hydrogens is 360 g/mol. The summed E-state index contributed by atoms with van der Waals surface area (Å²) in [6, 6.07) is 15.6. The number of para-hydroxylation sites is 1. The maximum Gasteiger partial charge on any atom is 0.266 e. The molecule has 140 valence electrons. The molecule has 1 atom stereocenters. The highest BCUT2D eigenvalue weighted by atomic mass is 32.2. The van der Waals surface area contributed by atoms with Gasteiger partial charge in [-0.2, -0.15) is 0 Å². The number of thioether (sulfide) groups is 1. The molecule has 0 unspecified atom stereocenters. The van der Waals surface area contributed by atoms with E-state index in [1.807, 2.05) is 36.4 Å². The molecule has 0 bridgehead atoms. The lowest BCUT2D eigenvalue weighted by Crippen LogP contribution is -2.27. The Balaban J connectivity index is 1.75. The smallest absolute Gasteiger partial charge is 0.266 e. The summed E-state index contributed by atoms with van der Waals surface area (Å²) in [5.74, 6) is 0.737. The van der Waals surface area contributed by atoms with Crippen molar-refractivity contribution in [3.05, 3.63) is 64.4 Å². The van der Waals surface area contributed by atoms with Gasteiger partial charge in [0.05, 0.1) is 29.3 Å². The van der Waals surface area contributed by atoms with E-state index in [0.717, 1.165) is 29.8 Å². The van der Waals surface area contributed by atoms with Gasteiger partial charge in [0, 0.05) is 5.75 Å². The van der Waals surface area contributed by atoms with Crippen molar-refractivity contribution < 1.29 is 9.47 Å². The molecular formula is C21H22N2O3S. The van der Waals surface area contributed by atoms with Crippen LogP contribution in [-0.2, 0) is 15.9 Å². The zero-order valence-electron chi connectivity index (χ0n) is 15.3. The van der Waals surface area contributed by atoms with Crippen molar-refractivity contribution in [1.82, 2.24) is 9.55 Å². The molecule has 5 nitrogen and oxygen atoms in total. The first kappa shape index (κ1) is 18.2. The van der Waals surface area contributed by atoms with Crippen LogP contribution in [0, 0.1) is 0 Å². The van der Waals surface area contributed by atoms with Crippen LogP contribution in [0.25, 0.3) is 16.6 Å². The van der Waals surface area contributed by atoms with E-state index in [9.17, 15) is 4.79 Å². The molecule has 1 aliphatic rings. The van der Waals surface area contributed by atoms with Gasteiger partial charge in [-0.25, -0.2) is 4.98 Å². The topological polar surface area (TPSA) is 53.4 Å². The molecule has 1 fully saturated rings. The van der Waals surface area contributed by atoms with E-state index in [2.05, 4.69) is 19.1 Å². The minimum absolute atomic E-state index is 0.0414. The van der Waals surface area contributed by atoms with Crippen LogP contribution in [0.5, 0.6) is 0 Å². The first-order chi connectivity index (χ1) is 13.3. The Morgan fingerprint density at radius 1 is 1.19 bits per heavy atom. The van der Waals surface area contributed by atoms with E-state index in [0.29, 0.717) is 23.9 Å². The Morgan fingerprint density at radius 2 is 2.00 bits per heavy atom. The number of rotatable bonds is 5. The highest BCUT2D eigenvalue weighted by molar-refractivity contribution is 7.99. The second-order valence-electron chi connectivity index (χ2n) is 6.49. The van der Waals surface area contributed by atoms with E-state index < -0.39 is 0 Å². The van der Waals surface area contributed by atoms with Crippen LogP contribution < -0.4 is 5.56 Å². The summed E-state index contributed by atoms with van der Waals surface area (Å²) in [5.41, 5.74) is 2.76. The molecule has 2 heterocycles. The molecule has 6 heteroatoms. The third-order valence-corrected chi connectivity index (χ3v) is 5.79. The zero-order chi connectivity index (χ0) is 18.6. The van der Waals surface area contributed by atoms with E-state index in [4.69, 9.17) is 14.5 Å². The average molecular weight is 382 g/mol. The normalized spacial score (nSPS) is 17.3. The second-order valence-corrected chi connectivity index (χ2v) is 7.47. The third-order valence-electron chi connectivity index (χ3n) is 4.72. The van der Waals surface area contributed by atoms with Gasteiger partial charge < -0.3 is 9.47 Å². The van der Waals surface area contributed by atoms with Crippen LogP contribution in [-0.4, -0.2) is 34.8 Å². The lowest BCUT2D eigenvalue weighted by atomic mass is 10.1. The summed E-state index contributed by atoms with van der Waals surface area (Å²) in [6.45, 7) is 3.16. The quantitative estimate of drug-likeness (QED) is 0.496. The number of benzene rings is 2. The molecule has 0 aliphatic carbocycles. The standard InChI is InChI=1S/C21H22N2O3S/c1-2-15-7-9-16(10-8-15)23-20(24)18-5-3-4-6-19(18)22-21(23)27-13-17-11-12-25-14-26-17/h3-10,17H,2,11-14H2,1H3/t17-/m1/s1. The Kier molecular flexibility index (Phi) is 5.57. The first-order valence-corrected chi connectivity index (χ1v) is 10.2. The molecule has 3 aromatic rings. The summed E-state index contributed by atoms with van der Waals surface area (Å²) < 4.78 is 12.6. The molecule has 0 radical (unpaired) electrons. The van der Waals surface area contributed by atoms with Crippen molar-refractivity contribution in [2.45, 2.75) is 31.0 Å². The van der Waals surface area contributed by atoms with Gasteiger partial charge in [-0.1, -0.05) is 43.0 Å². The Morgan fingerprint density at radius 3 is 2.74 bits per heavy atom. The lowest BCUT2D eigenvalue weighted by Gasteiger charge is -2.22. The predicted molar refractivity (Wildman–Crippen MR) is 108 cm³/mol. The summed E-state index contributed by atoms with van der Waals surface area (Å²) in [5, 5.41) is 1.32. The van der Waals surface area contributed by atoms with E-state index in [1.165, 1.54) is 5.56 Å².